The number of aryl methyl sites for hydroxylation is 4. The molecule has 0 aliphatic carbocycles. The van der Waals surface area contributed by atoms with Crippen molar-refractivity contribution in [1.29, 1.82) is 0 Å². The van der Waals surface area contributed by atoms with E-state index in [2.05, 4.69) is 79.7 Å². The Morgan fingerprint density at radius 3 is 0.831 bits per heavy atom. The molecule has 0 bridgehead atoms. The molecule has 0 aromatic carbocycles. The number of imidazole rings is 4. The Morgan fingerprint density at radius 2 is 0.597 bits per heavy atom. The highest BCUT2D eigenvalue weighted by Crippen LogP contribution is 2.24. The number of aromatic nitrogens is 16. The average molecular weight is 1130 g/mol. The number of nitrogens with zero attached hydrogens (tertiary/aromatic N) is 8. The minimum Gasteiger partial charge on any atom is -0.465 e. The van der Waals surface area contributed by atoms with Crippen LogP contribution in [0, 0.1) is 24.0 Å². The summed E-state index contributed by atoms with van der Waals surface area (Å²) in [5.74, 6) is 0.724. The molecule has 0 amide bonds. The van der Waals surface area contributed by atoms with Crippen LogP contribution in [-0.4, -0.2) is 130 Å². The largest absolute Gasteiger partial charge is 0.465 e. The first kappa shape index (κ1) is 56.2. The molecule has 0 aliphatic heterocycles. The monoisotopic (exact) mass is 1130 g/mol. The number of ether oxygens (including phenoxy) is 4. The van der Waals surface area contributed by atoms with Gasteiger partial charge in [0.05, 0.1) is 25.3 Å². The van der Waals surface area contributed by atoms with Crippen molar-refractivity contribution in [1.82, 2.24) is 79.7 Å². The van der Waals surface area contributed by atoms with Crippen LogP contribution in [0.25, 0.3) is 44.7 Å². The zero-order valence-electron chi connectivity index (χ0n) is 42.3. The molecule has 8 aromatic rings. The molecule has 0 aliphatic rings. The molecule has 0 fully saturated rings. The molecule has 8 heterocycles. The summed E-state index contributed by atoms with van der Waals surface area (Å²) in [6, 6.07) is 0. The number of H-pyrrole nitrogens is 8. The van der Waals surface area contributed by atoms with Gasteiger partial charge in [-0.3, -0.25) is 19.2 Å². The van der Waals surface area contributed by atoms with Crippen LogP contribution >= 0.6 is 48.9 Å². The number of carbonyl (C=O) groups is 4. The number of nitrogens with one attached hydrogen (secondary N) is 8. The molecule has 0 saturated carbocycles. The third-order valence-corrected chi connectivity index (χ3v) is 13.9. The van der Waals surface area contributed by atoms with Crippen LogP contribution in [-0.2, 0) is 63.8 Å². The van der Waals surface area contributed by atoms with E-state index in [0.29, 0.717) is 164 Å². The van der Waals surface area contributed by atoms with E-state index in [1.165, 1.54) is 0 Å². The summed E-state index contributed by atoms with van der Waals surface area (Å²) in [6.07, 6.45) is 16.6. The number of esters is 4. The van der Waals surface area contributed by atoms with Crippen molar-refractivity contribution < 1.29 is 38.1 Å². The van der Waals surface area contributed by atoms with E-state index in [9.17, 15) is 19.2 Å². The zero-order chi connectivity index (χ0) is 54.0. The molecule has 0 atom stereocenters. The topological polar surface area (TPSA) is 335 Å². The van der Waals surface area contributed by atoms with Crippen LogP contribution < -0.4 is 0 Å². The number of carbonyl (C=O) groups excluding carboxylic acids is 4. The lowest BCUT2D eigenvalue weighted by atomic mass is 9.92. The normalized spacial score (nSPS) is 11.7. The van der Waals surface area contributed by atoms with Crippen LogP contribution in [0.5, 0.6) is 0 Å². The quantitative estimate of drug-likeness (QED) is 0.00845. The molecule has 0 saturated heterocycles. The minimum atomic E-state index is -1.43. The van der Waals surface area contributed by atoms with E-state index < -0.39 is 29.3 Å². The van der Waals surface area contributed by atoms with Crippen LogP contribution in [0.15, 0.2) is 25.3 Å². The molecule has 8 rings (SSSR count). The molecule has 77 heavy (non-hydrogen) atoms. The van der Waals surface area contributed by atoms with Gasteiger partial charge in [-0.1, -0.05) is 74.6 Å². The molecule has 24 nitrogen and oxygen atoms in total. The highest BCUT2D eigenvalue weighted by atomic mass is 32.1. The lowest BCUT2D eigenvalue weighted by Crippen LogP contribution is -2.44. The summed E-state index contributed by atoms with van der Waals surface area (Å²) in [7, 11) is 0. The number of hydrogen-bond acceptors (Lipinski definition) is 20. The van der Waals surface area contributed by atoms with Crippen molar-refractivity contribution in [3.63, 3.8) is 0 Å². The van der Waals surface area contributed by atoms with Gasteiger partial charge in [-0.05, 0) is 51.4 Å². The van der Waals surface area contributed by atoms with Crippen LogP contribution in [0.1, 0.15) is 126 Å². The zero-order valence-corrected chi connectivity index (χ0v) is 45.5. The van der Waals surface area contributed by atoms with Gasteiger partial charge in [0.2, 0.25) is 0 Å². The fourth-order valence-corrected chi connectivity index (χ4v) is 9.54. The van der Waals surface area contributed by atoms with Gasteiger partial charge in [-0.2, -0.15) is 0 Å². The number of aromatic amines is 8. The van der Waals surface area contributed by atoms with Gasteiger partial charge in [-0.25, -0.2) is 39.9 Å². The van der Waals surface area contributed by atoms with Crippen LogP contribution in [0.2, 0.25) is 0 Å². The van der Waals surface area contributed by atoms with E-state index in [4.69, 9.17) is 67.8 Å². The summed E-state index contributed by atoms with van der Waals surface area (Å²) in [5, 5.41) is 0. The van der Waals surface area contributed by atoms with Crippen molar-refractivity contribution in [2.45, 2.75) is 128 Å². The summed E-state index contributed by atoms with van der Waals surface area (Å²) in [5.41, 5.74) is 3.78. The summed E-state index contributed by atoms with van der Waals surface area (Å²) >= 11 is 21.5. The second kappa shape index (κ2) is 27.8. The third kappa shape index (κ3) is 16.5. The molecule has 0 spiro atoms. The number of hydrogen-bond donors (Lipinski definition) is 8. The average Bonchev–Trinajstić information content (AvgIpc) is 4.27. The highest BCUT2D eigenvalue weighted by Gasteiger charge is 2.38. The molecule has 28 heteroatoms. The molecule has 8 N–H and O–H groups in total. The van der Waals surface area contributed by atoms with E-state index in [0.717, 1.165) is 25.7 Å². The van der Waals surface area contributed by atoms with Crippen molar-refractivity contribution in [3.8, 4) is 0 Å². The van der Waals surface area contributed by atoms with E-state index >= 15 is 0 Å². The molecule has 0 unspecified atom stereocenters. The van der Waals surface area contributed by atoms with Gasteiger partial charge in [-0.15, -0.1) is 0 Å². The van der Waals surface area contributed by atoms with E-state index in [1.807, 2.05) is 0 Å². The Morgan fingerprint density at radius 1 is 0.364 bits per heavy atom. The van der Waals surface area contributed by atoms with E-state index in [-0.39, 0.29) is 52.1 Å². The number of rotatable bonds is 32. The Labute approximate surface area is 460 Å². The standard InChI is InChI=1S/C49H60N16O8S4/c66-33(17-9-1-5-13-29-58-41-37(45(74)62-29)50-25-54-41)70-21-49(22-71-34(67)18-10-2-6-14-30-59-42-38(46(75)63-30)51-26-55-42,23-72-35(68)19-11-3-7-15-31-60-43-39(47(76)64-31)52-27-56-43)24-73-36(69)20-12-4-8-16-32-61-44-40(48(77)65-32)53-28-57-44/h25-28H,1-24H2,(H2,50,54,58,62,74)(H2,51,55,59,63,75)(H2,52,56,60,64,76)(H2,53,57,61,65,77). The van der Waals surface area contributed by atoms with Crippen molar-refractivity contribution in [2.24, 2.45) is 5.41 Å². The Balaban J connectivity index is 0.864. The lowest BCUT2D eigenvalue weighted by Gasteiger charge is -2.31. The number of fused-ring (bicyclic) bond motifs is 4. The Kier molecular flexibility index (Phi) is 20.3. The first-order valence-corrected chi connectivity index (χ1v) is 27.4. The van der Waals surface area contributed by atoms with Gasteiger partial charge >= 0.3 is 23.9 Å². The molecule has 8 aromatic heterocycles. The molecular weight excluding hydrogens is 1070 g/mol. The van der Waals surface area contributed by atoms with Crippen molar-refractivity contribution >= 4 is 117 Å². The predicted octanol–water partition coefficient (Wildman–Crippen LogP) is 8.67. The van der Waals surface area contributed by atoms with E-state index in [1.54, 1.807) is 25.3 Å². The Bertz CT molecular complexity index is 3080. The molecular formula is C49H60N16O8S4. The van der Waals surface area contributed by atoms with Crippen molar-refractivity contribution in [3.05, 3.63) is 67.2 Å². The fraction of sp³-hybridized carbons (Fsp3) is 0.510. The maximum Gasteiger partial charge on any atom is 0.305 e. The summed E-state index contributed by atoms with van der Waals surface area (Å²) in [4.78, 5) is 113. The SMILES string of the molecule is O=C(CCCCCc1nc(=S)c2[nH]cnc2[nH]1)OCC(COC(=O)CCCCCc1nc(=S)c2[nH]cnc2[nH]1)(COC(=O)CCCCCc1nc(=S)c2[nH]cnc2[nH]1)COC(=O)CCCCCc1nc(=S)c2[nH]cnc2[nH]1. The minimum absolute atomic E-state index is 0.0844. The first-order chi connectivity index (χ1) is 37.4. The first-order valence-electron chi connectivity index (χ1n) is 25.7. The van der Waals surface area contributed by atoms with Crippen LogP contribution in [0.4, 0.5) is 0 Å². The maximum absolute atomic E-state index is 13.4. The van der Waals surface area contributed by atoms with Gasteiger partial charge in [0.25, 0.3) is 0 Å². The smallest absolute Gasteiger partial charge is 0.305 e. The van der Waals surface area contributed by atoms with Gasteiger partial charge < -0.3 is 58.8 Å². The predicted molar refractivity (Wildman–Crippen MR) is 291 cm³/mol. The van der Waals surface area contributed by atoms with Crippen LogP contribution in [0.3, 0.4) is 0 Å². The molecule has 408 valence electrons. The highest BCUT2D eigenvalue weighted by molar-refractivity contribution is 7.72. The van der Waals surface area contributed by atoms with Gasteiger partial charge in [0.1, 0.15) is 77.2 Å². The van der Waals surface area contributed by atoms with Gasteiger partial charge in [0, 0.05) is 51.4 Å². The lowest BCUT2D eigenvalue weighted by molar-refractivity contribution is -0.170. The van der Waals surface area contributed by atoms with Gasteiger partial charge in [0.15, 0.2) is 41.2 Å². The second-order valence-corrected chi connectivity index (χ2v) is 20.4. The summed E-state index contributed by atoms with van der Waals surface area (Å²) < 4.78 is 25.1. The third-order valence-electron chi connectivity index (χ3n) is 12.7. The fourth-order valence-electron chi connectivity index (χ4n) is 8.48. The van der Waals surface area contributed by atoms with Crippen molar-refractivity contribution in [2.75, 3.05) is 26.4 Å². The summed E-state index contributed by atoms with van der Waals surface area (Å²) in [6.45, 7) is -1.44. The molecule has 0 radical (unpaired) electrons. The second-order valence-electron chi connectivity index (χ2n) is 18.8. The Hall–Kier alpha value is -7.04. The number of unbranched alkanes of at least 4 members (excludes halogenated alkanes) is 8. The maximum atomic E-state index is 13.4.